The van der Waals surface area contributed by atoms with Crippen molar-refractivity contribution in [3.05, 3.63) is 0 Å². The third kappa shape index (κ3) is 1.30. The lowest BCUT2D eigenvalue weighted by Crippen LogP contribution is -2.23. The number of rotatable bonds is 2. The van der Waals surface area contributed by atoms with Gasteiger partial charge < -0.3 is 5.73 Å². The maximum atomic E-state index is 10.8. The summed E-state index contributed by atoms with van der Waals surface area (Å²) in [6, 6.07) is 0. The molecule has 2 N–H and O–H groups in total. The molecule has 0 aromatic rings. The number of imide groups is 1. The Morgan fingerprint density at radius 3 is 2.30 bits per heavy atom. The first-order chi connectivity index (χ1) is 4.75. The average molecular weight is 160 g/mol. The van der Waals surface area contributed by atoms with Gasteiger partial charge in [0.1, 0.15) is 0 Å². The monoisotopic (exact) mass is 160 g/mol. The van der Waals surface area contributed by atoms with E-state index in [-0.39, 0.29) is 17.7 Å². The van der Waals surface area contributed by atoms with Gasteiger partial charge in [0.25, 0.3) is 0 Å². The molecule has 1 aliphatic rings. The minimum atomic E-state index is -0.125. The minimum absolute atomic E-state index is 0.125. The van der Waals surface area contributed by atoms with Crippen molar-refractivity contribution < 1.29 is 9.59 Å². The molecule has 0 atom stereocenters. The van der Waals surface area contributed by atoms with Crippen LogP contribution in [0.15, 0.2) is 0 Å². The number of carbonyl (C=O) groups is 2. The summed E-state index contributed by atoms with van der Waals surface area (Å²) in [5.74, 6) is 0.0261. The summed E-state index contributed by atoms with van der Waals surface area (Å²) in [6.07, 6.45) is 0.678. The zero-order valence-electron chi connectivity index (χ0n) is 5.37. The molecule has 56 valence electrons. The second kappa shape index (κ2) is 3.03. The first-order valence-corrected chi connectivity index (χ1v) is 3.88. The molecule has 1 rings (SSSR count). The maximum Gasteiger partial charge on any atom is 0.239 e. The third-order valence-electron chi connectivity index (χ3n) is 1.21. The van der Waals surface area contributed by atoms with Crippen LogP contribution in [0.3, 0.4) is 0 Å². The van der Waals surface area contributed by atoms with Crippen LogP contribution in [0.25, 0.3) is 0 Å². The number of amides is 2. The zero-order valence-corrected chi connectivity index (χ0v) is 6.19. The summed E-state index contributed by atoms with van der Waals surface area (Å²) >= 11 is 1.07. The van der Waals surface area contributed by atoms with E-state index >= 15 is 0 Å². The van der Waals surface area contributed by atoms with Crippen molar-refractivity contribution in [1.29, 1.82) is 0 Å². The second-order valence-corrected chi connectivity index (χ2v) is 2.83. The molecular formula is C5H8N2O2S. The van der Waals surface area contributed by atoms with Crippen LogP contribution in [0, 0.1) is 0 Å². The molecule has 10 heavy (non-hydrogen) atoms. The van der Waals surface area contributed by atoms with Gasteiger partial charge in [-0.15, -0.1) is 0 Å². The predicted molar refractivity (Wildman–Crippen MR) is 37.7 cm³/mol. The smallest absolute Gasteiger partial charge is 0.239 e. The number of carbonyl (C=O) groups excluding carboxylic acids is 2. The Bertz CT molecular complexity index is 155. The molecule has 0 unspecified atom stereocenters. The van der Waals surface area contributed by atoms with Crippen molar-refractivity contribution in [3.8, 4) is 0 Å². The Labute approximate surface area is 62.9 Å². The van der Waals surface area contributed by atoms with Crippen molar-refractivity contribution >= 4 is 23.8 Å². The van der Waals surface area contributed by atoms with Gasteiger partial charge in [0.05, 0.1) is 5.88 Å². The van der Waals surface area contributed by atoms with Crippen molar-refractivity contribution in [2.24, 2.45) is 5.73 Å². The summed E-state index contributed by atoms with van der Waals surface area (Å²) in [5.41, 5.74) is 5.15. The van der Waals surface area contributed by atoms with Crippen molar-refractivity contribution in [2.75, 3.05) is 5.88 Å². The number of nitrogens with zero attached hydrogens (tertiary/aromatic N) is 1. The topological polar surface area (TPSA) is 63.4 Å². The lowest BCUT2D eigenvalue weighted by atomic mass is 10.4. The van der Waals surface area contributed by atoms with Crippen LogP contribution >= 0.6 is 11.9 Å². The molecule has 1 fully saturated rings. The second-order valence-electron chi connectivity index (χ2n) is 1.88. The molecule has 0 aromatic carbocycles. The molecule has 4 nitrogen and oxygen atoms in total. The molecule has 2 amide bonds. The van der Waals surface area contributed by atoms with Crippen LogP contribution in [0.5, 0.6) is 0 Å². The van der Waals surface area contributed by atoms with E-state index in [1.807, 2.05) is 0 Å². The lowest BCUT2D eigenvalue weighted by Gasteiger charge is -2.08. The highest BCUT2D eigenvalue weighted by atomic mass is 32.2. The molecule has 0 aromatic heterocycles. The Morgan fingerprint density at radius 2 is 1.90 bits per heavy atom. The third-order valence-corrected chi connectivity index (χ3v) is 2.02. The van der Waals surface area contributed by atoms with Crippen molar-refractivity contribution in [2.45, 2.75) is 12.8 Å². The van der Waals surface area contributed by atoms with Crippen LogP contribution in [-0.4, -0.2) is 22.0 Å². The van der Waals surface area contributed by atoms with E-state index in [9.17, 15) is 9.59 Å². The maximum absolute atomic E-state index is 10.8. The summed E-state index contributed by atoms with van der Waals surface area (Å²) < 4.78 is 1.14. The molecule has 1 aliphatic heterocycles. The normalized spacial score (nSPS) is 18.7. The van der Waals surface area contributed by atoms with Crippen LogP contribution in [0.2, 0.25) is 0 Å². The molecule has 1 saturated heterocycles. The van der Waals surface area contributed by atoms with E-state index < -0.39 is 0 Å². The number of hydrogen-bond donors (Lipinski definition) is 1. The van der Waals surface area contributed by atoms with E-state index in [0.29, 0.717) is 12.8 Å². The summed E-state index contributed by atoms with van der Waals surface area (Å²) in [5, 5.41) is 0. The van der Waals surface area contributed by atoms with E-state index in [0.717, 1.165) is 16.3 Å². The largest absolute Gasteiger partial charge is 0.320 e. The first-order valence-electron chi connectivity index (χ1n) is 2.94. The van der Waals surface area contributed by atoms with E-state index in [2.05, 4.69) is 0 Å². The Morgan fingerprint density at radius 1 is 1.40 bits per heavy atom. The van der Waals surface area contributed by atoms with Gasteiger partial charge in [-0.1, -0.05) is 0 Å². The van der Waals surface area contributed by atoms with Gasteiger partial charge in [-0.25, -0.2) is 4.31 Å². The fraction of sp³-hybridized carbons (Fsp3) is 0.600. The molecular weight excluding hydrogens is 152 g/mol. The summed E-state index contributed by atoms with van der Waals surface area (Å²) in [4.78, 5) is 21.6. The lowest BCUT2D eigenvalue weighted by molar-refractivity contribution is -0.131. The van der Waals surface area contributed by atoms with E-state index in [1.165, 1.54) is 0 Å². The predicted octanol–water partition coefficient (Wildman–Crippen LogP) is -0.300. The standard InChI is InChI=1S/C5H8N2O2S/c6-3-10-7-4(8)1-2-5(7)9/h1-3,6H2. The minimum Gasteiger partial charge on any atom is -0.320 e. The van der Waals surface area contributed by atoms with Gasteiger partial charge >= 0.3 is 0 Å². The SMILES string of the molecule is NCSN1C(=O)CCC1=O. The Balaban J connectivity index is 2.54. The van der Waals surface area contributed by atoms with Crippen LogP contribution < -0.4 is 5.73 Å². The molecule has 0 aliphatic carbocycles. The number of nitrogens with two attached hydrogens (primary N) is 1. The molecule has 0 saturated carbocycles. The molecule has 0 radical (unpaired) electrons. The fourth-order valence-corrected chi connectivity index (χ4v) is 1.39. The average Bonchev–Trinajstić information content (AvgIpc) is 2.20. The molecule has 1 heterocycles. The highest BCUT2D eigenvalue weighted by molar-refractivity contribution is 7.98. The summed E-state index contributed by atoms with van der Waals surface area (Å²) in [7, 11) is 0. The molecule has 0 bridgehead atoms. The molecule has 0 spiro atoms. The van der Waals surface area contributed by atoms with Crippen LogP contribution in [0.1, 0.15) is 12.8 Å². The molecule has 5 heteroatoms. The van der Waals surface area contributed by atoms with Crippen LogP contribution in [0.4, 0.5) is 0 Å². The van der Waals surface area contributed by atoms with Gasteiger partial charge in [0.15, 0.2) is 0 Å². The van der Waals surface area contributed by atoms with Gasteiger partial charge in [-0.2, -0.15) is 0 Å². The van der Waals surface area contributed by atoms with Gasteiger partial charge in [0.2, 0.25) is 11.8 Å². The fourth-order valence-electron chi connectivity index (χ4n) is 0.775. The summed E-state index contributed by atoms with van der Waals surface area (Å²) in [6.45, 7) is 0. The van der Waals surface area contributed by atoms with E-state index in [1.54, 1.807) is 0 Å². The highest BCUT2D eigenvalue weighted by Gasteiger charge is 2.28. The zero-order chi connectivity index (χ0) is 7.56. The van der Waals surface area contributed by atoms with Crippen molar-refractivity contribution in [1.82, 2.24) is 4.31 Å². The quantitative estimate of drug-likeness (QED) is 0.342. The van der Waals surface area contributed by atoms with Crippen LogP contribution in [-0.2, 0) is 9.59 Å². The van der Waals surface area contributed by atoms with Crippen molar-refractivity contribution in [3.63, 3.8) is 0 Å². The Kier molecular flexibility index (Phi) is 2.29. The first kappa shape index (κ1) is 7.56. The van der Waals surface area contributed by atoms with Gasteiger partial charge in [0, 0.05) is 12.8 Å². The van der Waals surface area contributed by atoms with Gasteiger partial charge in [-0.05, 0) is 11.9 Å². The Hall–Kier alpha value is -0.550. The van der Waals surface area contributed by atoms with E-state index in [4.69, 9.17) is 5.73 Å². The highest BCUT2D eigenvalue weighted by Crippen LogP contribution is 2.19. The number of hydrogen-bond acceptors (Lipinski definition) is 4. The van der Waals surface area contributed by atoms with Gasteiger partial charge in [-0.3, -0.25) is 9.59 Å².